The number of hydrogen-bond donors (Lipinski definition) is 0. The molecule has 3 rings (SSSR count). The van der Waals surface area contributed by atoms with Gasteiger partial charge in [0.05, 0.1) is 11.1 Å². The first kappa shape index (κ1) is 16.1. The zero-order valence-corrected chi connectivity index (χ0v) is 13.8. The first-order valence-corrected chi connectivity index (χ1v) is 7.97. The molecule has 0 fully saturated rings. The molecule has 2 aromatic rings. The fourth-order valence-corrected chi connectivity index (χ4v) is 2.82. The maximum absolute atomic E-state index is 12.2. The van der Waals surface area contributed by atoms with Crippen molar-refractivity contribution in [3.05, 3.63) is 53.1 Å². The number of aromatic nitrogens is 2. The maximum atomic E-state index is 12.2. The second-order valence-corrected chi connectivity index (χ2v) is 5.97. The highest BCUT2D eigenvalue weighted by Gasteiger charge is 2.34. The number of imidazole rings is 1. The zero-order chi connectivity index (χ0) is 17.3. The molecule has 0 saturated carbocycles. The van der Waals surface area contributed by atoms with Crippen LogP contribution in [0.2, 0.25) is 0 Å². The molecule has 1 aliphatic rings. The third-order valence-electron chi connectivity index (χ3n) is 4.31. The van der Waals surface area contributed by atoms with Crippen LogP contribution in [0, 0.1) is 6.92 Å². The minimum atomic E-state index is -0.248. The van der Waals surface area contributed by atoms with Gasteiger partial charge >= 0.3 is 0 Å². The Morgan fingerprint density at radius 1 is 1.08 bits per heavy atom. The van der Waals surface area contributed by atoms with E-state index in [-0.39, 0.29) is 17.6 Å². The van der Waals surface area contributed by atoms with Gasteiger partial charge < -0.3 is 4.57 Å². The van der Waals surface area contributed by atoms with Crippen molar-refractivity contribution in [2.75, 3.05) is 6.54 Å². The monoisotopic (exact) mass is 325 g/mol. The van der Waals surface area contributed by atoms with Crippen LogP contribution in [-0.2, 0) is 7.05 Å². The molecule has 24 heavy (non-hydrogen) atoms. The number of unbranched alkanes of at least 4 members (excludes halogenated alkanes) is 1. The number of Topliss-reactive ketones (excluding diaryl/α,β-unsaturated/α-hetero) is 1. The molecule has 124 valence electrons. The Kier molecular flexibility index (Phi) is 4.29. The summed E-state index contributed by atoms with van der Waals surface area (Å²) in [5.74, 6) is 0.287. The van der Waals surface area contributed by atoms with Crippen LogP contribution in [-0.4, -0.2) is 38.6 Å². The van der Waals surface area contributed by atoms with Crippen molar-refractivity contribution in [1.82, 2.24) is 14.5 Å². The molecule has 0 atom stereocenters. The number of rotatable bonds is 6. The van der Waals surface area contributed by atoms with Crippen LogP contribution >= 0.6 is 0 Å². The number of benzene rings is 1. The SMILES string of the molecule is Cc1nc(C(=O)CCCCN2C(=O)c3ccccc3C2=O)cn1C. The Balaban J connectivity index is 1.52. The lowest BCUT2D eigenvalue weighted by Gasteiger charge is -2.13. The number of imide groups is 1. The molecule has 0 unspecified atom stereocenters. The van der Waals surface area contributed by atoms with Gasteiger partial charge in [-0.25, -0.2) is 4.98 Å². The summed E-state index contributed by atoms with van der Waals surface area (Å²) in [6, 6.07) is 6.84. The van der Waals surface area contributed by atoms with E-state index in [9.17, 15) is 14.4 Å². The van der Waals surface area contributed by atoms with Crippen molar-refractivity contribution in [3.8, 4) is 0 Å². The van der Waals surface area contributed by atoms with E-state index in [1.165, 1.54) is 4.90 Å². The molecule has 0 radical (unpaired) electrons. The third-order valence-corrected chi connectivity index (χ3v) is 4.31. The molecule has 6 heteroatoms. The van der Waals surface area contributed by atoms with E-state index in [1.807, 2.05) is 18.5 Å². The van der Waals surface area contributed by atoms with E-state index in [0.29, 0.717) is 42.6 Å². The third kappa shape index (κ3) is 2.87. The molecule has 6 nitrogen and oxygen atoms in total. The minimum absolute atomic E-state index is 0.0129. The number of amides is 2. The summed E-state index contributed by atoms with van der Waals surface area (Å²) in [6.07, 6.45) is 3.30. The Hall–Kier alpha value is -2.76. The van der Waals surface area contributed by atoms with Gasteiger partial charge in [0.15, 0.2) is 5.78 Å². The highest BCUT2D eigenvalue weighted by atomic mass is 16.2. The number of carbonyl (C=O) groups excluding carboxylic acids is 3. The van der Waals surface area contributed by atoms with Gasteiger partial charge in [0.1, 0.15) is 11.5 Å². The van der Waals surface area contributed by atoms with Crippen LogP contribution in [0.5, 0.6) is 0 Å². The molecule has 1 aliphatic heterocycles. The fraction of sp³-hybridized carbons (Fsp3) is 0.333. The Bertz CT molecular complexity index is 768. The number of nitrogens with zero attached hydrogens (tertiary/aromatic N) is 3. The van der Waals surface area contributed by atoms with E-state index in [0.717, 1.165) is 5.82 Å². The van der Waals surface area contributed by atoms with Gasteiger partial charge in [-0.15, -0.1) is 0 Å². The molecule has 0 N–H and O–H groups in total. The predicted octanol–water partition coefficient (Wildman–Crippen LogP) is 2.38. The molecule has 1 aromatic heterocycles. The smallest absolute Gasteiger partial charge is 0.261 e. The van der Waals surface area contributed by atoms with Gasteiger partial charge in [0, 0.05) is 26.2 Å². The van der Waals surface area contributed by atoms with Crippen LogP contribution < -0.4 is 0 Å². The van der Waals surface area contributed by atoms with Crippen LogP contribution in [0.15, 0.2) is 30.5 Å². The van der Waals surface area contributed by atoms with E-state index in [2.05, 4.69) is 4.98 Å². The van der Waals surface area contributed by atoms with Gasteiger partial charge in [-0.1, -0.05) is 12.1 Å². The standard InChI is InChI=1S/C18H19N3O3/c1-12-19-15(11-20(12)2)16(22)9-5-6-10-21-17(23)13-7-3-4-8-14(13)18(21)24/h3-4,7-8,11H,5-6,9-10H2,1-2H3. The van der Waals surface area contributed by atoms with Crippen molar-refractivity contribution >= 4 is 17.6 Å². The lowest BCUT2D eigenvalue weighted by atomic mass is 10.1. The van der Waals surface area contributed by atoms with Crippen molar-refractivity contribution in [1.29, 1.82) is 0 Å². The molecular formula is C18H19N3O3. The fourth-order valence-electron chi connectivity index (χ4n) is 2.82. The summed E-state index contributed by atoms with van der Waals surface area (Å²) in [6.45, 7) is 2.18. The Labute approximate surface area is 140 Å². The summed E-state index contributed by atoms with van der Waals surface area (Å²) in [4.78, 5) is 42.0. The van der Waals surface area contributed by atoms with Crippen molar-refractivity contribution in [2.24, 2.45) is 7.05 Å². The van der Waals surface area contributed by atoms with E-state index < -0.39 is 0 Å². The number of hydrogen-bond acceptors (Lipinski definition) is 4. The van der Waals surface area contributed by atoms with Crippen LogP contribution in [0.4, 0.5) is 0 Å². The van der Waals surface area contributed by atoms with Crippen LogP contribution in [0.3, 0.4) is 0 Å². The van der Waals surface area contributed by atoms with E-state index >= 15 is 0 Å². The topological polar surface area (TPSA) is 72.3 Å². The van der Waals surface area contributed by atoms with Crippen molar-refractivity contribution < 1.29 is 14.4 Å². The molecule has 2 amide bonds. The van der Waals surface area contributed by atoms with E-state index in [1.54, 1.807) is 30.5 Å². The minimum Gasteiger partial charge on any atom is -0.337 e. The summed E-state index contributed by atoms with van der Waals surface area (Å²) in [7, 11) is 1.85. The number of aryl methyl sites for hydroxylation is 2. The lowest BCUT2D eigenvalue weighted by Crippen LogP contribution is -2.30. The average molecular weight is 325 g/mol. The lowest BCUT2D eigenvalue weighted by molar-refractivity contribution is 0.0652. The summed E-state index contributed by atoms with van der Waals surface area (Å²) >= 11 is 0. The normalized spacial score (nSPS) is 13.5. The second-order valence-electron chi connectivity index (χ2n) is 5.97. The first-order chi connectivity index (χ1) is 11.5. The quantitative estimate of drug-likeness (QED) is 0.464. The highest BCUT2D eigenvalue weighted by molar-refractivity contribution is 6.21. The molecule has 0 saturated heterocycles. The average Bonchev–Trinajstić information content (AvgIpc) is 3.03. The number of ketones is 1. The molecule has 2 heterocycles. The van der Waals surface area contributed by atoms with Crippen LogP contribution in [0.1, 0.15) is 56.3 Å². The van der Waals surface area contributed by atoms with Gasteiger partial charge in [-0.05, 0) is 31.9 Å². The molecular weight excluding hydrogens is 306 g/mol. The molecule has 0 bridgehead atoms. The molecule has 0 aliphatic carbocycles. The number of fused-ring (bicyclic) bond motifs is 1. The summed E-state index contributed by atoms with van der Waals surface area (Å²) < 4.78 is 1.81. The number of carbonyl (C=O) groups is 3. The van der Waals surface area contributed by atoms with Gasteiger partial charge in [-0.3, -0.25) is 19.3 Å². The Morgan fingerprint density at radius 3 is 2.25 bits per heavy atom. The van der Waals surface area contributed by atoms with Gasteiger partial charge in [-0.2, -0.15) is 0 Å². The predicted molar refractivity (Wildman–Crippen MR) is 87.9 cm³/mol. The van der Waals surface area contributed by atoms with Crippen molar-refractivity contribution in [3.63, 3.8) is 0 Å². The van der Waals surface area contributed by atoms with Gasteiger partial charge in [0.25, 0.3) is 11.8 Å². The zero-order valence-electron chi connectivity index (χ0n) is 13.8. The second kappa shape index (κ2) is 6.39. The molecule has 0 spiro atoms. The molecule has 1 aromatic carbocycles. The van der Waals surface area contributed by atoms with Crippen molar-refractivity contribution in [2.45, 2.75) is 26.2 Å². The Morgan fingerprint density at radius 2 is 1.71 bits per heavy atom. The largest absolute Gasteiger partial charge is 0.337 e. The van der Waals surface area contributed by atoms with Gasteiger partial charge in [0.2, 0.25) is 0 Å². The summed E-state index contributed by atoms with van der Waals surface area (Å²) in [5.41, 5.74) is 1.39. The van der Waals surface area contributed by atoms with Crippen LogP contribution in [0.25, 0.3) is 0 Å². The highest BCUT2D eigenvalue weighted by Crippen LogP contribution is 2.22. The van der Waals surface area contributed by atoms with E-state index in [4.69, 9.17) is 0 Å². The maximum Gasteiger partial charge on any atom is 0.261 e. The summed E-state index contributed by atoms with van der Waals surface area (Å²) in [5, 5.41) is 0. The first-order valence-electron chi connectivity index (χ1n) is 7.97.